The van der Waals surface area contributed by atoms with E-state index >= 15 is 0 Å². The molecule has 0 bridgehead atoms. The maximum Gasteiger partial charge on any atom is 0.00234 e. The summed E-state index contributed by atoms with van der Waals surface area (Å²) in [5.41, 5.74) is 0. The Hall–Kier alpha value is 0.700. The molecule has 0 saturated carbocycles. The Morgan fingerprint density at radius 2 is 1.88 bits per heavy atom. The third kappa shape index (κ3) is 6.70. The molecule has 0 aromatic carbocycles. The van der Waals surface area contributed by atoms with E-state index < -0.39 is 0 Å². The highest BCUT2D eigenvalue weighted by atomic mass is 32.2. The number of rotatable bonds is 5. The first-order valence-electron chi connectivity index (χ1n) is 2.98. The molecule has 0 heterocycles. The van der Waals surface area contributed by atoms with Crippen LogP contribution in [0.2, 0.25) is 0 Å². The highest BCUT2D eigenvalue weighted by Crippen LogP contribution is 2.04. The Balaban J connectivity index is 2.53. The summed E-state index contributed by atoms with van der Waals surface area (Å²) in [6.07, 6.45) is 3.48. The third-order valence-electron chi connectivity index (χ3n) is 0.780. The van der Waals surface area contributed by atoms with Crippen molar-refractivity contribution in [2.24, 2.45) is 0 Å². The first kappa shape index (κ1) is 8.70. The molecule has 0 aromatic rings. The predicted molar refractivity (Wildman–Crippen MR) is 46.0 cm³/mol. The number of hydrogen-bond donors (Lipinski definition) is 0. The van der Waals surface area contributed by atoms with Crippen LogP contribution in [0, 0.1) is 0 Å². The second-order valence-electron chi connectivity index (χ2n) is 1.61. The molecule has 2 heteroatoms. The van der Waals surface area contributed by atoms with Crippen molar-refractivity contribution in [1.82, 2.24) is 0 Å². The Bertz CT molecular complexity index is 31.5. The molecule has 0 atom stereocenters. The van der Waals surface area contributed by atoms with Crippen LogP contribution in [0.25, 0.3) is 0 Å². The van der Waals surface area contributed by atoms with Crippen molar-refractivity contribution in [3.8, 4) is 0 Å². The molecule has 0 saturated heterocycles. The highest BCUT2D eigenvalue weighted by molar-refractivity contribution is 8.02. The van der Waals surface area contributed by atoms with Crippen LogP contribution in [0.3, 0.4) is 0 Å². The minimum atomic E-state index is 1.31. The van der Waals surface area contributed by atoms with Gasteiger partial charge in [0.25, 0.3) is 0 Å². The van der Waals surface area contributed by atoms with E-state index in [2.05, 4.69) is 24.9 Å². The molecule has 0 fully saturated rings. The van der Waals surface area contributed by atoms with E-state index in [1.807, 2.05) is 11.8 Å². The van der Waals surface area contributed by atoms with Crippen molar-refractivity contribution < 1.29 is 0 Å². The smallest absolute Gasteiger partial charge is 0.00234 e. The van der Waals surface area contributed by atoms with Crippen molar-refractivity contribution in [1.29, 1.82) is 0 Å². The molecule has 0 aliphatic rings. The zero-order valence-electron chi connectivity index (χ0n) is 5.64. The summed E-state index contributed by atoms with van der Waals surface area (Å²) in [4.78, 5) is 0. The lowest BCUT2D eigenvalue weighted by molar-refractivity contribution is 1.11. The van der Waals surface area contributed by atoms with Crippen molar-refractivity contribution in [3.05, 3.63) is 0 Å². The molecular weight excluding hydrogens is 136 g/mol. The summed E-state index contributed by atoms with van der Waals surface area (Å²) in [5.74, 6) is 3.97. The van der Waals surface area contributed by atoms with Gasteiger partial charge in [0.2, 0.25) is 0 Å². The zero-order valence-corrected chi connectivity index (χ0v) is 7.28. The first-order valence-corrected chi connectivity index (χ1v) is 5.53. The van der Waals surface area contributed by atoms with Crippen molar-refractivity contribution in [3.63, 3.8) is 0 Å². The summed E-state index contributed by atoms with van der Waals surface area (Å²) in [6.45, 7) is 2.23. The van der Waals surface area contributed by atoms with E-state index in [-0.39, 0.29) is 0 Å². The van der Waals surface area contributed by atoms with Gasteiger partial charge in [-0.25, -0.2) is 0 Å². The second kappa shape index (κ2) is 7.70. The number of thioether (sulfide) groups is 2. The summed E-state index contributed by atoms with van der Waals surface area (Å²) in [5, 5.41) is 0. The molecule has 50 valence electrons. The van der Waals surface area contributed by atoms with Crippen LogP contribution in [0.5, 0.6) is 0 Å². The average Bonchev–Trinajstić information content (AvgIpc) is 1.81. The van der Waals surface area contributed by atoms with Gasteiger partial charge in [0, 0.05) is 11.5 Å². The van der Waals surface area contributed by atoms with E-state index in [9.17, 15) is 0 Å². The molecule has 0 spiro atoms. The quantitative estimate of drug-likeness (QED) is 0.552. The van der Waals surface area contributed by atoms with Gasteiger partial charge >= 0.3 is 0 Å². The van der Waals surface area contributed by atoms with Crippen molar-refractivity contribution in [2.45, 2.75) is 13.3 Å². The molecule has 0 aliphatic heterocycles. The standard InChI is InChI=1S/C6H14S2/c1-3-4-8-6-5-7-2/h3-6H2,1-2H3. The summed E-state index contributed by atoms with van der Waals surface area (Å²) < 4.78 is 0. The molecule has 0 nitrogen and oxygen atoms in total. The minimum absolute atomic E-state index is 1.31. The van der Waals surface area contributed by atoms with Gasteiger partial charge in [-0.3, -0.25) is 0 Å². The van der Waals surface area contributed by atoms with Crippen LogP contribution in [0.15, 0.2) is 0 Å². The van der Waals surface area contributed by atoms with Crippen molar-refractivity contribution in [2.75, 3.05) is 23.5 Å². The van der Waals surface area contributed by atoms with Gasteiger partial charge in [0.1, 0.15) is 0 Å². The molecule has 0 aromatic heterocycles. The largest absolute Gasteiger partial charge is 0.165 e. The normalized spacial score (nSPS) is 9.75. The molecule has 0 aliphatic carbocycles. The van der Waals surface area contributed by atoms with Crippen LogP contribution in [-0.2, 0) is 0 Å². The Morgan fingerprint density at radius 1 is 1.12 bits per heavy atom. The fourth-order valence-electron chi connectivity index (χ4n) is 0.389. The van der Waals surface area contributed by atoms with E-state index in [1.165, 1.54) is 23.7 Å². The fourth-order valence-corrected chi connectivity index (χ4v) is 2.02. The molecule has 0 radical (unpaired) electrons. The second-order valence-corrected chi connectivity index (χ2v) is 3.82. The van der Waals surface area contributed by atoms with E-state index in [4.69, 9.17) is 0 Å². The Morgan fingerprint density at radius 3 is 2.38 bits per heavy atom. The van der Waals surface area contributed by atoms with Crippen LogP contribution < -0.4 is 0 Å². The molecule has 8 heavy (non-hydrogen) atoms. The van der Waals surface area contributed by atoms with Crippen LogP contribution in [-0.4, -0.2) is 23.5 Å². The average molecular weight is 150 g/mol. The first-order chi connectivity index (χ1) is 3.91. The van der Waals surface area contributed by atoms with Gasteiger partial charge in [-0.1, -0.05) is 6.92 Å². The van der Waals surface area contributed by atoms with Crippen LogP contribution >= 0.6 is 23.5 Å². The highest BCUT2D eigenvalue weighted by Gasteiger charge is 1.83. The molecule has 0 rings (SSSR count). The van der Waals surface area contributed by atoms with Crippen LogP contribution in [0.4, 0.5) is 0 Å². The minimum Gasteiger partial charge on any atom is -0.165 e. The maximum absolute atomic E-state index is 2.23. The Kier molecular flexibility index (Phi) is 8.37. The molecule has 0 unspecified atom stereocenters. The lowest BCUT2D eigenvalue weighted by Gasteiger charge is -1.94. The molecule has 0 amide bonds. The predicted octanol–water partition coefficient (Wildman–Crippen LogP) is 2.49. The van der Waals surface area contributed by atoms with Gasteiger partial charge in [0.05, 0.1) is 0 Å². The topological polar surface area (TPSA) is 0 Å². The maximum atomic E-state index is 2.23. The van der Waals surface area contributed by atoms with E-state index in [0.717, 1.165) is 0 Å². The number of hydrogen-bond acceptors (Lipinski definition) is 2. The van der Waals surface area contributed by atoms with Gasteiger partial charge in [-0.15, -0.1) is 0 Å². The van der Waals surface area contributed by atoms with Gasteiger partial charge in [-0.05, 0) is 18.4 Å². The lowest BCUT2D eigenvalue weighted by atomic mass is 10.6. The van der Waals surface area contributed by atoms with Gasteiger partial charge < -0.3 is 0 Å². The van der Waals surface area contributed by atoms with Gasteiger partial charge in [0.15, 0.2) is 0 Å². The fraction of sp³-hybridized carbons (Fsp3) is 1.00. The summed E-state index contributed by atoms with van der Waals surface area (Å²) >= 11 is 3.99. The SMILES string of the molecule is CCCSCCSC. The van der Waals surface area contributed by atoms with E-state index in [1.54, 1.807) is 0 Å². The summed E-state index contributed by atoms with van der Waals surface area (Å²) in [6, 6.07) is 0. The molecule has 0 N–H and O–H groups in total. The monoisotopic (exact) mass is 150 g/mol. The Labute approximate surface area is 60.8 Å². The van der Waals surface area contributed by atoms with Crippen LogP contribution in [0.1, 0.15) is 13.3 Å². The molecular formula is C6H14S2. The lowest BCUT2D eigenvalue weighted by Crippen LogP contribution is -1.83. The van der Waals surface area contributed by atoms with Gasteiger partial charge in [-0.2, -0.15) is 23.5 Å². The third-order valence-corrected chi connectivity index (χ3v) is 2.84. The van der Waals surface area contributed by atoms with E-state index in [0.29, 0.717) is 0 Å². The summed E-state index contributed by atoms with van der Waals surface area (Å²) in [7, 11) is 0. The van der Waals surface area contributed by atoms with Crippen molar-refractivity contribution >= 4 is 23.5 Å². The zero-order chi connectivity index (χ0) is 6.24.